The average Bonchev–Trinajstić information content (AvgIpc) is 2.27. The zero-order valence-electron chi connectivity index (χ0n) is 9.74. The number of primary amides is 1. The van der Waals surface area contributed by atoms with Crippen LogP contribution in [0.4, 0.5) is 0 Å². The molecule has 0 fully saturated rings. The van der Waals surface area contributed by atoms with Crippen molar-refractivity contribution >= 4 is 5.91 Å². The van der Waals surface area contributed by atoms with Gasteiger partial charge in [0.25, 0.3) is 0 Å². The standard InChI is InChI=1S/C13H19NO2/c1-2-3-9-16-12-6-4-5-11(10-12)7-8-13(14)15/h4-6,10H,2-3,7-9H2,1H3,(H2,14,15). The van der Waals surface area contributed by atoms with Gasteiger partial charge in [-0.25, -0.2) is 0 Å². The number of carbonyl (C=O) groups is 1. The highest BCUT2D eigenvalue weighted by Gasteiger charge is 1.99. The molecular formula is C13H19NO2. The van der Waals surface area contributed by atoms with Gasteiger partial charge in [0.05, 0.1) is 6.61 Å². The van der Waals surface area contributed by atoms with Crippen molar-refractivity contribution in [2.75, 3.05) is 6.61 Å². The number of aryl methyl sites for hydroxylation is 1. The third kappa shape index (κ3) is 4.82. The smallest absolute Gasteiger partial charge is 0.217 e. The highest BCUT2D eigenvalue weighted by Crippen LogP contribution is 2.14. The van der Waals surface area contributed by atoms with Gasteiger partial charge in [0.15, 0.2) is 0 Å². The predicted octanol–water partition coefficient (Wildman–Crippen LogP) is 2.28. The molecule has 1 aromatic rings. The summed E-state index contributed by atoms with van der Waals surface area (Å²) in [6.07, 6.45) is 3.26. The van der Waals surface area contributed by atoms with Crippen LogP contribution in [0.25, 0.3) is 0 Å². The van der Waals surface area contributed by atoms with Crippen LogP contribution in [-0.2, 0) is 11.2 Å². The van der Waals surface area contributed by atoms with E-state index in [1.54, 1.807) is 0 Å². The third-order valence-corrected chi connectivity index (χ3v) is 2.33. The molecule has 0 bridgehead atoms. The Labute approximate surface area is 96.6 Å². The largest absolute Gasteiger partial charge is 0.494 e. The van der Waals surface area contributed by atoms with E-state index >= 15 is 0 Å². The van der Waals surface area contributed by atoms with E-state index in [-0.39, 0.29) is 5.91 Å². The Kier molecular flexibility index (Phi) is 5.40. The van der Waals surface area contributed by atoms with Gasteiger partial charge >= 0.3 is 0 Å². The van der Waals surface area contributed by atoms with E-state index in [2.05, 4.69) is 6.92 Å². The summed E-state index contributed by atoms with van der Waals surface area (Å²) in [5.41, 5.74) is 6.20. The molecule has 0 unspecified atom stereocenters. The lowest BCUT2D eigenvalue weighted by Crippen LogP contribution is -2.11. The van der Waals surface area contributed by atoms with E-state index < -0.39 is 0 Å². The Bertz CT molecular complexity index is 336. The van der Waals surface area contributed by atoms with Crippen LogP contribution >= 0.6 is 0 Å². The van der Waals surface area contributed by atoms with Crippen LogP contribution in [0, 0.1) is 0 Å². The molecule has 2 N–H and O–H groups in total. The fourth-order valence-corrected chi connectivity index (χ4v) is 1.39. The molecule has 0 spiro atoms. The minimum absolute atomic E-state index is 0.266. The van der Waals surface area contributed by atoms with Crippen LogP contribution in [0.15, 0.2) is 24.3 Å². The van der Waals surface area contributed by atoms with Crippen molar-refractivity contribution < 1.29 is 9.53 Å². The van der Waals surface area contributed by atoms with Crippen molar-refractivity contribution in [3.05, 3.63) is 29.8 Å². The lowest BCUT2D eigenvalue weighted by atomic mass is 10.1. The molecule has 0 heterocycles. The molecule has 0 atom stereocenters. The second kappa shape index (κ2) is 6.88. The first-order valence-corrected chi connectivity index (χ1v) is 5.72. The molecule has 0 radical (unpaired) electrons. The summed E-state index contributed by atoms with van der Waals surface area (Å²) in [7, 11) is 0. The van der Waals surface area contributed by atoms with Gasteiger partial charge < -0.3 is 10.5 Å². The molecule has 0 saturated carbocycles. The van der Waals surface area contributed by atoms with Gasteiger partial charge in [-0.05, 0) is 30.5 Å². The van der Waals surface area contributed by atoms with Crippen LogP contribution in [0.5, 0.6) is 5.75 Å². The highest BCUT2D eigenvalue weighted by molar-refractivity contribution is 5.74. The fraction of sp³-hybridized carbons (Fsp3) is 0.462. The molecule has 3 nitrogen and oxygen atoms in total. The van der Waals surface area contributed by atoms with Crippen molar-refractivity contribution in [1.29, 1.82) is 0 Å². The Hall–Kier alpha value is -1.51. The highest BCUT2D eigenvalue weighted by atomic mass is 16.5. The number of benzene rings is 1. The number of hydrogen-bond acceptors (Lipinski definition) is 2. The zero-order chi connectivity index (χ0) is 11.8. The Morgan fingerprint density at radius 2 is 2.25 bits per heavy atom. The van der Waals surface area contributed by atoms with Gasteiger partial charge in [0.2, 0.25) is 5.91 Å². The summed E-state index contributed by atoms with van der Waals surface area (Å²) in [5, 5.41) is 0. The first kappa shape index (κ1) is 12.6. The van der Waals surface area contributed by atoms with Crippen LogP contribution in [0.1, 0.15) is 31.7 Å². The maximum absolute atomic E-state index is 10.7. The van der Waals surface area contributed by atoms with Crippen molar-refractivity contribution in [3.63, 3.8) is 0 Å². The van der Waals surface area contributed by atoms with Gasteiger partial charge in [-0.2, -0.15) is 0 Å². The SMILES string of the molecule is CCCCOc1cccc(CCC(N)=O)c1. The van der Waals surface area contributed by atoms with E-state index in [1.807, 2.05) is 24.3 Å². The van der Waals surface area contributed by atoms with Gasteiger partial charge in [-0.1, -0.05) is 25.5 Å². The maximum Gasteiger partial charge on any atom is 0.217 e. The monoisotopic (exact) mass is 221 g/mol. The fourth-order valence-electron chi connectivity index (χ4n) is 1.39. The average molecular weight is 221 g/mol. The summed E-state index contributed by atoms with van der Waals surface area (Å²) in [4.78, 5) is 10.7. The first-order chi connectivity index (χ1) is 7.72. The number of ether oxygens (including phenoxy) is 1. The van der Waals surface area contributed by atoms with Crippen molar-refractivity contribution in [3.8, 4) is 5.75 Å². The topological polar surface area (TPSA) is 52.3 Å². The number of rotatable bonds is 7. The summed E-state index contributed by atoms with van der Waals surface area (Å²) in [6.45, 7) is 2.88. The first-order valence-electron chi connectivity index (χ1n) is 5.72. The lowest BCUT2D eigenvalue weighted by Gasteiger charge is -2.06. The minimum atomic E-state index is -0.266. The molecule has 1 amide bonds. The van der Waals surface area contributed by atoms with Crippen LogP contribution in [0.2, 0.25) is 0 Å². The van der Waals surface area contributed by atoms with Gasteiger partial charge in [0, 0.05) is 6.42 Å². The molecule has 0 aromatic heterocycles. The molecular weight excluding hydrogens is 202 g/mol. The summed E-state index contributed by atoms with van der Waals surface area (Å²) in [6, 6.07) is 7.83. The molecule has 88 valence electrons. The number of carbonyl (C=O) groups excluding carboxylic acids is 1. The predicted molar refractivity (Wildman–Crippen MR) is 64.4 cm³/mol. The summed E-state index contributed by atoms with van der Waals surface area (Å²) >= 11 is 0. The maximum atomic E-state index is 10.7. The van der Waals surface area contributed by atoms with Gasteiger partial charge in [-0.15, -0.1) is 0 Å². The minimum Gasteiger partial charge on any atom is -0.494 e. The third-order valence-electron chi connectivity index (χ3n) is 2.33. The van der Waals surface area contributed by atoms with Crippen LogP contribution in [-0.4, -0.2) is 12.5 Å². The number of nitrogens with two attached hydrogens (primary N) is 1. The van der Waals surface area contributed by atoms with E-state index in [0.29, 0.717) is 12.8 Å². The summed E-state index contributed by atoms with van der Waals surface area (Å²) in [5.74, 6) is 0.604. The van der Waals surface area contributed by atoms with Gasteiger partial charge in [0.1, 0.15) is 5.75 Å². The summed E-state index contributed by atoms with van der Waals surface area (Å²) < 4.78 is 5.58. The molecule has 1 rings (SSSR count). The lowest BCUT2D eigenvalue weighted by molar-refractivity contribution is -0.117. The Balaban J connectivity index is 2.46. The Morgan fingerprint density at radius 3 is 2.94 bits per heavy atom. The molecule has 0 aliphatic heterocycles. The molecule has 0 aliphatic rings. The Morgan fingerprint density at radius 1 is 1.44 bits per heavy atom. The van der Waals surface area contributed by atoms with E-state index in [9.17, 15) is 4.79 Å². The second-order valence-corrected chi connectivity index (χ2v) is 3.82. The van der Waals surface area contributed by atoms with Crippen molar-refractivity contribution in [1.82, 2.24) is 0 Å². The van der Waals surface area contributed by atoms with Crippen molar-refractivity contribution in [2.45, 2.75) is 32.6 Å². The number of amides is 1. The molecule has 0 aliphatic carbocycles. The van der Waals surface area contributed by atoms with Crippen LogP contribution in [0.3, 0.4) is 0 Å². The van der Waals surface area contributed by atoms with Crippen LogP contribution < -0.4 is 10.5 Å². The molecule has 16 heavy (non-hydrogen) atoms. The van der Waals surface area contributed by atoms with E-state index in [4.69, 9.17) is 10.5 Å². The molecule has 3 heteroatoms. The number of hydrogen-bond donors (Lipinski definition) is 1. The molecule has 1 aromatic carbocycles. The number of unbranched alkanes of at least 4 members (excludes halogenated alkanes) is 1. The molecule has 0 saturated heterocycles. The zero-order valence-corrected chi connectivity index (χ0v) is 9.74. The van der Waals surface area contributed by atoms with E-state index in [0.717, 1.165) is 30.8 Å². The van der Waals surface area contributed by atoms with Crippen molar-refractivity contribution in [2.24, 2.45) is 5.73 Å². The second-order valence-electron chi connectivity index (χ2n) is 3.82. The van der Waals surface area contributed by atoms with E-state index in [1.165, 1.54) is 0 Å². The normalized spacial score (nSPS) is 10.1. The van der Waals surface area contributed by atoms with Gasteiger partial charge in [-0.3, -0.25) is 4.79 Å². The quantitative estimate of drug-likeness (QED) is 0.718.